The van der Waals surface area contributed by atoms with Crippen LogP contribution < -0.4 is 5.32 Å². The number of nitrogens with one attached hydrogen (secondary N) is 1. The molecule has 150 valence electrons. The molecule has 29 heavy (non-hydrogen) atoms. The lowest BCUT2D eigenvalue weighted by molar-refractivity contribution is -0.127. The zero-order valence-corrected chi connectivity index (χ0v) is 17.2. The van der Waals surface area contributed by atoms with Gasteiger partial charge in [-0.2, -0.15) is 0 Å². The largest absolute Gasteiger partial charge is 0.351 e. The van der Waals surface area contributed by atoms with Crippen molar-refractivity contribution in [2.45, 2.75) is 31.7 Å². The van der Waals surface area contributed by atoms with Crippen LogP contribution in [0, 0.1) is 0 Å². The van der Waals surface area contributed by atoms with E-state index in [0.29, 0.717) is 21.7 Å². The molecule has 1 aliphatic carbocycles. The van der Waals surface area contributed by atoms with Crippen LogP contribution in [0.25, 0.3) is 6.08 Å². The van der Waals surface area contributed by atoms with Crippen molar-refractivity contribution in [2.75, 3.05) is 11.9 Å². The number of imide groups is 1. The molecule has 1 saturated carbocycles. The van der Waals surface area contributed by atoms with E-state index >= 15 is 0 Å². The Morgan fingerprint density at radius 2 is 1.90 bits per heavy atom. The summed E-state index contributed by atoms with van der Waals surface area (Å²) in [4.78, 5) is 38.4. The van der Waals surface area contributed by atoms with Gasteiger partial charge in [-0.05, 0) is 66.6 Å². The standard InChI is InChI=1S/C21H20ClN3O3S/c22-15-5-7-16(8-6-15)23-19(26)13-25-20(27)18(29-21(25)28)11-14-9-10-24(12-14)17-3-1-2-4-17/h5-12,17H,1-4,13H2,(H,23,26)/b18-11+. The predicted octanol–water partition coefficient (Wildman–Crippen LogP) is 4.93. The number of halogens is 1. The molecular formula is C21H20ClN3O3S. The van der Waals surface area contributed by atoms with Crippen molar-refractivity contribution in [3.8, 4) is 0 Å². The van der Waals surface area contributed by atoms with Crippen molar-refractivity contribution in [1.82, 2.24) is 9.47 Å². The molecule has 0 atom stereocenters. The van der Waals surface area contributed by atoms with Crippen LogP contribution >= 0.6 is 23.4 Å². The summed E-state index contributed by atoms with van der Waals surface area (Å²) in [5.41, 5.74) is 1.43. The Morgan fingerprint density at radius 1 is 1.17 bits per heavy atom. The molecule has 1 aliphatic heterocycles. The number of amides is 3. The summed E-state index contributed by atoms with van der Waals surface area (Å²) in [7, 11) is 0. The number of carbonyl (C=O) groups is 3. The zero-order chi connectivity index (χ0) is 20.4. The van der Waals surface area contributed by atoms with Gasteiger partial charge in [0.05, 0.1) is 4.91 Å². The van der Waals surface area contributed by atoms with Crippen molar-refractivity contribution in [1.29, 1.82) is 0 Å². The van der Waals surface area contributed by atoms with Gasteiger partial charge in [0.15, 0.2) is 0 Å². The number of hydrogen-bond acceptors (Lipinski definition) is 4. The number of thioether (sulfide) groups is 1. The smallest absolute Gasteiger partial charge is 0.294 e. The Kier molecular flexibility index (Phi) is 5.78. The Bertz CT molecular complexity index is 977. The van der Waals surface area contributed by atoms with Crippen molar-refractivity contribution in [3.63, 3.8) is 0 Å². The molecule has 2 heterocycles. The molecule has 1 aromatic heterocycles. The van der Waals surface area contributed by atoms with Crippen LogP contribution in [0.2, 0.25) is 5.02 Å². The third-order valence-corrected chi connectivity index (χ3v) is 6.24. The summed E-state index contributed by atoms with van der Waals surface area (Å²) in [5, 5.41) is 2.77. The second-order valence-corrected chi connectivity index (χ2v) is 8.58. The topological polar surface area (TPSA) is 71.4 Å². The maximum atomic E-state index is 12.6. The van der Waals surface area contributed by atoms with Gasteiger partial charge in [-0.15, -0.1) is 0 Å². The quantitative estimate of drug-likeness (QED) is 0.684. The zero-order valence-electron chi connectivity index (χ0n) is 15.6. The Morgan fingerprint density at radius 3 is 2.62 bits per heavy atom. The second kappa shape index (κ2) is 8.47. The van der Waals surface area contributed by atoms with E-state index in [-0.39, 0.29) is 6.54 Å². The highest BCUT2D eigenvalue weighted by molar-refractivity contribution is 8.18. The fourth-order valence-corrected chi connectivity index (χ4v) is 4.57. The Hall–Kier alpha value is -2.51. The summed E-state index contributed by atoms with van der Waals surface area (Å²) in [6.07, 6.45) is 10.6. The molecular weight excluding hydrogens is 410 g/mol. The van der Waals surface area contributed by atoms with Crippen LogP contribution in [0.5, 0.6) is 0 Å². The maximum absolute atomic E-state index is 12.6. The molecule has 0 unspecified atom stereocenters. The van der Waals surface area contributed by atoms with E-state index in [1.807, 2.05) is 18.5 Å². The number of nitrogens with zero attached hydrogens (tertiary/aromatic N) is 2. The average Bonchev–Trinajstić information content (AvgIpc) is 3.42. The molecule has 0 radical (unpaired) electrons. The second-order valence-electron chi connectivity index (χ2n) is 7.15. The molecule has 6 nitrogen and oxygen atoms in total. The Balaban J connectivity index is 1.41. The van der Waals surface area contributed by atoms with Gasteiger partial charge >= 0.3 is 0 Å². The fourth-order valence-electron chi connectivity index (χ4n) is 3.61. The first kappa shape index (κ1) is 19.8. The summed E-state index contributed by atoms with van der Waals surface area (Å²) < 4.78 is 2.18. The SMILES string of the molecule is O=C(CN1C(=O)S/C(=C/c2ccn(C3CCCC3)c2)C1=O)Nc1ccc(Cl)cc1. The minimum atomic E-state index is -0.445. The van der Waals surface area contributed by atoms with Gasteiger partial charge in [0.25, 0.3) is 11.1 Å². The van der Waals surface area contributed by atoms with Crippen LogP contribution in [0.4, 0.5) is 10.5 Å². The third-order valence-electron chi connectivity index (χ3n) is 5.08. The van der Waals surface area contributed by atoms with Crippen molar-refractivity contribution in [3.05, 3.63) is 58.2 Å². The van der Waals surface area contributed by atoms with Crippen molar-refractivity contribution < 1.29 is 14.4 Å². The number of rotatable bonds is 5. The number of anilines is 1. The van der Waals surface area contributed by atoms with Crippen LogP contribution in [0.1, 0.15) is 37.3 Å². The van der Waals surface area contributed by atoms with Gasteiger partial charge in [0, 0.05) is 29.1 Å². The molecule has 2 aliphatic rings. The molecule has 2 aromatic rings. The van der Waals surface area contributed by atoms with Gasteiger partial charge in [-0.1, -0.05) is 24.4 Å². The van der Waals surface area contributed by atoms with E-state index in [1.54, 1.807) is 30.3 Å². The van der Waals surface area contributed by atoms with Gasteiger partial charge < -0.3 is 9.88 Å². The first-order valence-corrected chi connectivity index (χ1v) is 10.7. The van der Waals surface area contributed by atoms with Gasteiger partial charge in [0.1, 0.15) is 6.54 Å². The normalized spacial score (nSPS) is 18.8. The molecule has 4 rings (SSSR count). The van der Waals surface area contributed by atoms with Crippen molar-refractivity contribution >= 4 is 52.2 Å². The van der Waals surface area contributed by atoms with Crippen molar-refractivity contribution in [2.24, 2.45) is 0 Å². The minimum absolute atomic E-state index is 0.326. The molecule has 0 spiro atoms. The van der Waals surface area contributed by atoms with Crippen LogP contribution in [-0.4, -0.2) is 33.1 Å². The molecule has 1 saturated heterocycles. The molecule has 2 fully saturated rings. The van der Waals surface area contributed by atoms with Crippen LogP contribution in [-0.2, 0) is 9.59 Å². The Labute approximate surface area is 177 Å². The monoisotopic (exact) mass is 429 g/mol. The summed E-state index contributed by atoms with van der Waals surface area (Å²) in [6.45, 7) is -0.326. The van der Waals surface area contributed by atoms with Gasteiger partial charge in [-0.25, -0.2) is 0 Å². The van der Waals surface area contributed by atoms with E-state index in [1.165, 1.54) is 25.7 Å². The van der Waals surface area contributed by atoms with Gasteiger partial charge in [0.2, 0.25) is 5.91 Å². The number of benzene rings is 1. The lowest BCUT2D eigenvalue weighted by Crippen LogP contribution is -2.36. The molecule has 1 aromatic carbocycles. The highest BCUT2D eigenvalue weighted by Gasteiger charge is 2.36. The van der Waals surface area contributed by atoms with Crippen LogP contribution in [0.15, 0.2) is 47.6 Å². The van der Waals surface area contributed by atoms with E-state index in [4.69, 9.17) is 11.6 Å². The number of hydrogen-bond donors (Lipinski definition) is 1. The fraction of sp³-hybridized carbons (Fsp3) is 0.286. The number of carbonyl (C=O) groups excluding carboxylic acids is 3. The minimum Gasteiger partial charge on any atom is -0.351 e. The molecule has 0 bridgehead atoms. The average molecular weight is 430 g/mol. The van der Waals surface area contributed by atoms with Crippen LogP contribution in [0.3, 0.4) is 0 Å². The summed E-state index contributed by atoms with van der Waals surface area (Å²) >= 11 is 6.68. The lowest BCUT2D eigenvalue weighted by atomic mass is 10.2. The first-order chi connectivity index (χ1) is 14.0. The third kappa shape index (κ3) is 4.57. The van der Waals surface area contributed by atoms with E-state index in [0.717, 1.165) is 22.2 Å². The van der Waals surface area contributed by atoms with Gasteiger partial charge in [-0.3, -0.25) is 19.3 Å². The van der Waals surface area contributed by atoms with E-state index in [9.17, 15) is 14.4 Å². The number of aromatic nitrogens is 1. The molecule has 8 heteroatoms. The first-order valence-electron chi connectivity index (χ1n) is 9.48. The molecule has 3 amide bonds. The van der Waals surface area contributed by atoms with E-state index in [2.05, 4.69) is 9.88 Å². The summed E-state index contributed by atoms with van der Waals surface area (Å²) in [5.74, 6) is -0.886. The maximum Gasteiger partial charge on any atom is 0.294 e. The molecule has 1 N–H and O–H groups in total. The lowest BCUT2D eigenvalue weighted by Gasteiger charge is -2.12. The summed E-state index contributed by atoms with van der Waals surface area (Å²) in [6, 6.07) is 9.07. The van der Waals surface area contributed by atoms with E-state index < -0.39 is 17.1 Å². The predicted molar refractivity (Wildman–Crippen MR) is 115 cm³/mol. The highest BCUT2D eigenvalue weighted by atomic mass is 35.5. The highest BCUT2D eigenvalue weighted by Crippen LogP contribution is 2.33.